The third kappa shape index (κ3) is 4.75. The van der Waals surface area contributed by atoms with Crippen molar-refractivity contribution in [3.63, 3.8) is 0 Å². The van der Waals surface area contributed by atoms with E-state index in [0.29, 0.717) is 12.1 Å². The second-order valence-electron chi connectivity index (χ2n) is 4.45. The van der Waals surface area contributed by atoms with E-state index in [9.17, 15) is 14.4 Å². The fraction of sp³-hybridized carbons (Fsp3) is 0.462. The molecular formula is C13H19N3O4S. The fourth-order valence-corrected chi connectivity index (χ4v) is 2.65. The highest BCUT2D eigenvalue weighted by atomic mass is 32.1. The molecule has 0 aromatic carbocycles. The van der Waals surface area contributed by atoms with Gasteiger partial charge in [-0.1, -0.05) is 6.92 Å². The van der Waals surface area contributed by atoms with Crippen molar-refractivity contribution in [1.82, 2.24) is 10.6 Å². The molecule has 116 valence electrons. The molecule has 1 aromatic heterocycles. The van der Waals surface area contributed by atoms with Crippen LogP contribution < -0.4 is 16.0 Å². The van der Waals surface area contributed by atoms with Gasteiger partial charge in [-0.25, -0.2) is 9.59 Å². The van der Waals surface area contributed by atoms with Gasteiger partial charge in [-0.05, 0) is 25.8 Å². The largest absolute Gasteiger partial charge is 0.478 e. The number of hydrogen-bond acceptors (Lipinski definition) is 4. The minimum Gasteiger partial charge on any atom is -0.478 e. The molecule has 0 spiro atoms. The van der Waals surface area contributed by atoms with Gasteiger partial charge in [0.1, 0.15) is 5.00 Å². The van der Waals surface area contributed by atoms with Crippen LogP contribution in [-0.4, -0.2) is 36.1 Å². The Balaban J connectivity index is 2.61. The number of urea groups is 1. The van der Waals surface area contributed by atoms with Gasteiger partial charge in [-0.2, -0.15) is 0 Å². The summed E-state index contributed by atoms with van der Waals surface area (Å²) in [6.07, 6.45) is 0.813. The Hall–Kier alpha value is -2.09. The van der Waals surface area contributed by atoms with Crippen molar-refractivity contribution < 1.29 is 19.5 Å². The third-order valence-electron chi connectivity index (χ3n) is 2.81. The van der Waals surface area contributed by atoms with Crippen LogP contribution >= 0.6 is 11.3 Å². The molecule has 1 rings (SSSR count). The van der Waals surface area contributed by atoms with E-state index in [1.54, 1.807) is 13.8 Å². The first-order valence-corrected chi connectivity index (χ1v) is 7.33. The van der Waals surface area contributed by atoms with Crippen LogP contribution in [0.15, 0.2) is 0 Å². The molecule has 0 radical (unpaired) electrons. The number of thiophene rings is 1. The summed E-state index contributed by atoms with van der Waals surface area (Å²) in [7, 11) is 0. The molecular weight excluding hydrogens is 294 g/mol. The minimum atomic E-state index is -1.09. The van der Waals surface area contributed by atoms with Crippen LogP contribution in [0.1, 0.15) is 34.1 Å². The second kappa shape index (κ2) is 7.63. The number of aryl methyl sites for hydroxylation is 1. The highest BCUT2D eigenvalue weighted by molar-refractivity contribution is 7.16. The zero-order valence-electron chi connectivity index (χ0n) is 12.2. The van der Waals surface area contributed by atoms with Crippen molar-refractivity contribution in [2.24, 2.45) is 0 Å². The van der Waals surface area contributed by atoms with Crippen LogP contribution in [0.4, 0.5) is 9.80 Å². The van der Waals surface area contributed by atoms with E-state index in [1.165, 1.54) is 11.3 Å². The topological polar surface area (TPSA) is 108 Å². The van der Waals surface area contributed by atoms with E-state index in [-0.39, 0.29) is 23.0 Å². The second-order valence-corrected chi connectivity index (χ2v) is 5.67. The van der Waals surface area contributed by atoms with Gasteiger partial charge >= 0.3 is 12.0 Å². The molecule has 1 aromatic rings. The van der Waals surface area contributed by atoms with Crippen LogP contribution in [0.5, 0.6) is 0 Å². The van der Waals surface area contributed by atoms with Crippen LogP contribution in [-0.2, 0) is 4.79 Å². The first-order chi connectivity index (χ1) is 9.86. The summed E-state index contributed by atoms with van der Waals surface area (Å²) >= 11 is 1.19. The molecule has 0 saturated carbocycles. The van der Waals surface area contributed by atoms with Crippen LogP contribution in [0.2, 0.25) is 0 Å². The number of carbonyl (C=O) groups excluding carboxylic acids is 2. The van der Waals surface area contributed by atoms with Crippen molar-refractivity contribution >= 4 is 34.2 Å². The van der Waals surface area contributed by atoms with E-state index in [1.807, 2.05) is 6.92 Å². The molecule has 0 aliphatic carbocycles. The Bertz CT molecular complexity index is 554. The van der Waals surface area contributed by atoms with Crippen molar-refractivity contribution in [3.8, 4) is 0 Å². The van der Waals surface area contributed by atoms with Gasteiger partial charge in [0.2, 0.25) is 5.91 Å². The van der Waals surface area contributed by atoms with Gasteiger partial charge < -0.3 is 15.7 Å². The molecule has 0 unspecified atom stereocenters. The average Bonchev–Trinajstić information content (AvgIpc) is 2.69. The summed E-state index contributed by atoms with van der Waals surface area (Å²) in [4.78, 5) is 35.1. The molecule has 3 amide bonds. The number of amides is 3. The predicted molar refractivity (Wildman–Crippen MR) is 81.1 cm³/mol. The molecule has 0 atom stereocenters. The van der Waals surface area contributed by atoms with Crippen molar-refractivity contribution in [2.45, 2.75) is 27.2 Å². The number of hydrogen-bond donors (Lipinski definition) is 4. The van der Waals surface area contributed by atoms with E-state index in [4.69, 9.17) is 5.11 Å². The summed E-state index contributed by atoms with van der Waals surface area (Å²) in [5.74, 6) is -1.38. The van der Waals surface area contributed by atoms with Gasteiger partial charge in [-0.15, -0.1) is 11.3 Å². The lowest BCUT2D eigenvalue weighted by Gasteiger charge is -2.07. The van der Waals surface area contributed by atoms with Gasteiger partial charge in [0.15, 0.2) is 0 Å². The number of carbonyl (C=O) groups is 3. The lowest BCUT2D eigenvalue weighted by Crippen LogP contribution is -2.39. The lowest BCUT2D eigenvalue weighted by molar-refractivity contribution is -0.120. The summed E-state index contributed by atoms with van der Waals surface area (Å²) in [6.45, 7) is 5.80. The molecule has 7 nitrogen and oxygen atoms in total. The normalized spacial score (nSPS) is 10.0. The first kappa shape index (κ1) is 17.0. The molecule has 8 heteroatoms. The Morgan fingerprint density at radius 1 is 1.19 bits per heavy atom. The lowest BCUT2D eigenvalue weighted by atomic mass is 10.1. The van der Waals surface area contributed by atoms with E-state index >= 15 is 0 Å². The van der Waals surface area contributed by atoms with Crippen LogP contribution in [0.3, 0.4) is 0 Å². The Kier molecular flexibility index (Phi) is 6.16. The Morgan fingerprint density at radius 2 is 1.86 bits per heavy atom. The Morgan fingerprint density at radius 3 is 2.43 bits per heavy atom. The minimum absolute atomic E-state index is 0.0862. The highest BCUT2D eigenvalue weighted by Gasteiger charge is 2.20. The molecule has 0 fully saturated rings. The SMILES string of the molecule is CCCNC(=O)CNC(=O)Nc1sc(C)c(C)c1C(=O)O. The summed E-state index contributed by atoms with van der Waals surface area (Å²) in [5, 5.41) is 16.9. The van der Waals surface area contributed by atoms with Gasteiger partial charge in [0, 0.05) is 11.4 Å². The van der Waals surface area contributed by atoms with E-state index < -0.39 is 12.0 Å². The van der Waals surface area contributed by atoms with Gasteiger partial charge in [0.05, 0.1) is 12.1 Å². The maximum absolute atomic E-state index is 11.7. The predicted octanol–water partition coefficient (Wildman–Crippen LogP) is 1.71. The maximum atomic E-state index is 11.7. The van der Waals surface area contributed by atoms with Gasteiger partial charge in [-0.3, -0.25) is 10.1 Å². The summed E-state index contributed by atoms with van der Waals surface area (Å²) in [6, 6.07) is -0.606. The fourth-order valence-electron chi connectivity index (χ4n) is 1.61. The summed E-state index contributed by atoms with van der Waals surface area (Å²) in [5.41, 5.74) is 0.714. The van der Waals surface area contributed by atoms with E-state index in [2.05, 4.69) is 16.0 Å². The molecule has 1 heterocycles. The standard InChI is InChI=1S/C13H19N3O4S/c1-4-5-14-9(17)6-15-13(20)16-11-10(12(18)19)7(2)8(3)21-11/h4-6H2,1-3H3,(H,14,17)(H,18,19)(H2,15,16,20). The number of carboxylic acids is 1. The molecule has 0 aliphatic rings. The van der Waals surface area contributed by atoms with Crippen molar-refractivity contribution in [1.29, 1.82) is 0 Å². The third-order valence-corrected chi connectivity index (χ3v) is 3.93. The number of aromatic carboxylic acids is 1. The zero-order valence-corrected chi connectivity index (χ0v) is 13.0. The van der Waals surface area contributed by atoms with Gasteiger partial charge in [0.25, 0.3) is 0 Å². The molecule has 21 heavy (non-hydrogen) atoms. The number of carboxylic acid groups (broad SMARTS) is 1. The molecule has 0 saturated heterocycles. The first-order valence-electron chi connectivity index (χ1n) is 6.51. The maximum Gasteiger partial charge on any atom is 0.338 e. The molecule has 0 aliphatic heterocycles. The molecule has 4 N–H and O–H groups in total. The van der Waals surface area contributed by atoms with E-state index in [0.717, 1.165) is 11.3 Å². The quantitative estimate of drug-likeness (QED) is 0.641. The van der Waals surface area contributed by atoms with Crippen LogP contribution in [0, 0.1) is 13.8 Å². The molecule has 0 bridgehead atoms. The smallest absolute Gasteiger partial charge is 0.338 e. The summed E-state index contributed by atoms with van der Waals surface area (Å²) < 4.78 is 0. The number of anilines is 1. The monoisotopic (exact) mass is 313 g/mol. The van der Waals surface area contributed by atoms with Crippen molar-refractivity contribution in [2.75, 3.05) is 18.4 Å². The average molecular weight is 313 g/mol. The number of nitrogens with one attached hydrogen (secondary N) is 3. The highest BCUT2D eigenvalue weighted by Crippen LogP contribution is 2.32. The van der Waals surface area contributed by atoms with Crippen LogP contribution in [0.25, 0.3) is 0 Å². The number of rotatable bonds is 6. The Labute approximate surface area is 126 Å². The van der Waals surface area contributed by atoms with Crippen molar-refractivity contribution in [3.05, 3.63) is 16.0 Å². The zero-order chi connectivity index (χ0) is 16.0.